The van der Waals surface area contributed by atoms with Gasteiger partial charge >= 0.3 is 5.97 Å². The second kappa shape index (κ2) is 13.8. The van der Waals surface area contributed by atoms with Crippen molar-refractivity contribution in [2.24, 2.45) is 5.92 Å². The summed E-state index contributed by atoms with van der Waals surface area (Å²) in [4.78, 5) is 60.2. The number of hydrogen-bond donors (Lipinski definition) is 3. The Bertz CT molecular complexity index is 891. The zero-order valence-electron chi connectivity index (χ0n) is 19.0. The molecule has 1 aromatic heterocycles. The number of allylic oxidation sites excluding steroid dienone is 1. The van der Waals surface area contributed by atoms with E-state index in [1.807, 2.05) is 13.8 Å². The summed E-state index contributed by atoms with van der Waals surface area (Å²) in [6.07, 6.45) is 4.79. The normalized spacial score (nSPS) is 11.8. The number of nitrogens with zero attached hydrogens (tertiary/aromatic N) is 1. The molecule has 3 N–H and O–H groups in total. The summed E-state index contributed by atoms with van der Waals surface area (Å²) in [5.41, 5.74) is -0.545. The summed E-state index contributed by atoms with van der Waals surface area (Å²) in [7, 11) is 0. The van der Waals surface area contributed by atoms with Gasteiger partial charge in [0.05, 0.1) is 6.61 Å². The Labute approximate surface area is 187 Å². The predicted octanol–water partition coefficient (Wildman–Crippen LogP) is 0.963. The molecule has 1 aromatic rings. The lowest BCUT2D eigenvalue weighted by Crippen LogP contribution is -2.44. The van der Waals surface area contributed by atoms with Gasteiger partial charge in [0.15, 0.2) is 0 Å². The van der Waals surface area contributed by atoms with Crippen LogP contribution in [0.5, 0.6) is 0 Å². The number of pyridine rings is 1. The van der Waals surface area contributed by atoms with E-state index in [1.165, 1.54) is 29.8 Å². The van der Waals surface area contributed by atoms with E-state index in [4.69, 9.17) is 4.74 Å². The van der Waals surface area contributed by atoms with Crippen molar-refractivity contribution in [1.29, 1.82) is 0 Å². The molecule has 0 saturated heterocycles. The highest BCUT2D eigenvalue weighted by Gasteiger charge is 2.20. The van der Waals surface area contributed by atoms with Gasteiger partial charge in [0, 0.05) is 25.7 Å². The van der Waals surface area contributed by atoms with Crippen molar-refractivity contribution in [3.63, 3.8) is 0 Å². The summed E-state index contributed by atoms with van der Waals surface area (Å²) in [6, 6.07) is 2.05. The quantitative estimate of drug-likeness (QED) is 0.322. The van der Waals surface area contributed by atoms with Crippen LogP contribution in [0.2, 0.25) is 0 Å². The van der Waals surface area contributed by atoms with E-state index in [-0.39, 0.29) is 37.1 Å². The highest BCUT2D eigenvalue weighted by molar-refractivity contribution is 5.96. The molecule has 0 aliphatic carbocycles. The third-order valence-electron chi connectivity index (χ3n) is 4.16. The molecule has 0 saturated carbocycles. The Morgan fingerprint density at radius 2 is 1.94 bits per heavy atom. The van der Waals surface area contributed by atoms with Crippen molar-refractivity contribution < 1.29 is 23.9 Å². The van der Waals surface area contributed by atoms with Gasteiger partial charge in [0.1, 0.15) is 18.3 Å². The molecule has 0 spiro atoms. The Kier molecular flexibility index (Phi) is 11.5. The number of rotatable bonds is 12. The molecule has 0 aliphatic heterocycles. The number of carbonyl (C=O) groups excluding carboxylic acids is 4. The number of aromatic nitrogens is 1. The van der Waals surface area contributed by atoms with E-state index < -0.39 is 29.4 Å². The fourth-order valence-corrected chi connectivity index (χ4v) is 2.65. The highest BCUT2D eigenvalue weighted by Crippen LogP contribution is 2.05. The summed E-state index contributed by atoms with van der Waals surface area (Å²) < 4.78 is 5.97. The van der Waals surface area contributed by atoms with E-state index in [0.29, 0.717) is 13.0 Å². The molecule has 0 radical (unpaired) electrons. The number of anilines is 1. The van der Waals surface area contributed by atoms with Crippen molar-refractivity contribution in [3.05, 3.63) is 40.8 Å². The van der Waals surface area contributed by atoms with Crippen molar-refractivity contribution in [2.45, 2.75) is 53.1 Å². The van der Waals surface area contributed by atoms with Gasteiger partial charge in [-0.15, -0.1) is 0 Å². The first-order valence-electron chi connectivity index (χ1n) is 10.5. The third kappa shape index (κ3) is 10.1. The Hall–Kier alpha value is -3.43. The monoisotopic (exact) mass is 448 g/mol. The van der Waals surface area contributed by atoms with Crippen LogP contribution in [0.15, 0.2) is 35.3 Å². The van der Waals surface area contributed by atoms with Crippen molar-refractivity contribution in [3.8, 4) is 0 Å². The Morgan fingerprint density at radius 3 is 2.56 bits per heavy atom. The molecule has 176 valence electrons. The van der Waals surface area contributed by atoms with Gasteiger partial charge in [-0.05, 0) is 37.8 Å². The number of ether oxygens (including phenoxy) is 1. The second-order valence-corrected chi connectivity index (χ2v) is 7.53. The molecule has 0 aliphatic rings. The first kappa shape index (κ1) is 26.6. The van der Waals surface area contributed by atoms with E-state index in [2.05, 4.69) is 16.0 Å². The van der Waals surface area contributed by atoms with Gasteiger partial charge in [-0.25, -0.2) is 4.79 Å². The van der Waals surface area contributed by atoms with Gasteiger partial charge in [-0.1, -0.05) is 19.9 Å². The van der Waals surface area contributed by atoms with Crippen LogP contribution < -0.4 is 21.5 Å². The average molecular weight is 449 g/mol. The molecule has 0 aromatic carbocycles. The minimum atomic E-state index is -0.915. The minimum absolute atomic E-state index is 0.00780. The SMILES string of the molecule is CCOC(=O)/C=C/CCC(NC(C)=O)C(=O)Nc1cccn(CC(=O)NCC(C)C)c1=O. The fourth-order valence-electron chi connectivity index (χ4n) is 2.65. The molecule has 0 bridgehead atoms. The smallest absolute Gasteiger partial charge is 0.330 e. The van der Waals surface area contributed by atoms with Crippen LogP contribution >= 0.6 is 0 Å². The van der Waals surface area contributed by atoms with E-state index in [9.17, 15) is 24.0 Å². The van der Waals surface area contributed by atoms with Crippen LogP contribution in [0.25, 0.3) is 0 Å². The molecule has 3 amide bonds. The maximum absolute atomic E-state index is 12.7. The first-order valence-corrected chi connectivity index (χ1v) is 10.5. The largest absolute Gasteiger partial charge is 0.463 e. The van der Waals surface area contributed by atoms with Crippen LogP contribution in [0.1, 0.15) is 40.5 Å². The summed E-state index contributed by atoms with van der Waals surface area (Å²) >= 11 is 0. The molecular weight excluding hydrogens is 416 g/mol. The lowest BCUT2D eigenvalue weighted by molar-refractivity contribution is -0.137. The van der Waals surface area contributed by atoms with Crippen LogP contribution in [-0.4, -0.2) is 47.5 Å². The van der Waals surface area contributed by atoms with Crippen LogP contribution in [0, 0.1) is 5.92 Å². The fraction of sp³-hybridized carbons (Fsp3) is 0.500. The van der Waals surface area contributed by atoms with Crippen LogP contribution in [-0.2, 0) is 30.5 Å². The number of nitrogens with one attached hydrogen (secondary N) is 3. The maximum Gasteiger partial charge on any atom is 0.330 e. The van der Waals surface area contributed by atoms with Crippen molar-refractivity contribution in [1.82, 2.24) is 15.2 Å². The van der Waals surface area contributed by atoms with Crippen molar-refractivity contribution in [2.75, 3.05) is 18.5 Å². The average Bonchev–Trinajstić information content (AvgIpc) is 2.71. The van der Waals surface area contributed by atoms with E-state index >= 15 is 0 Å². The van der Waals surface area contributed by atoms with Crippen molar-refractivity contribution >= 4 is 29.4 Å². The van der Waals surface area contributed by atoms with Gasteiger partial charge < -0.3 is 25.3 Å². The summed E-state index contributed by atoms with van der Waals surface area (Å²) in [5.74, 6) is -1.51. The zero-order valence-corrected chi connectivity index (χ0v) is 19.0. The van der Waals surface area contributed by atoms with Crippen LogP contribution in [0.3, 0.4) is 0 Å². The Morgan fingerprint density at radius 1 is 1.22 bits per heavy atom. The third-order valence-corrected chi connectivity index (χ3v) is 4.16. The molecule has 1 unspecified atom stereocenters. The molecular formula is C22H32N4O6. The standard InChI is InChI=1S/C22H32N4O6/c1-5-32-20(29)11-7-6-9-17(24-16(4)27)21(30)25-18-10-8-12-26(22(18)31)14-19(28)23-13-15(2)3/h7-8,10-12,15,17H,5-6,9,13-14H2,1-4H3,(H,23,28)(H,24,27)(H,25,30)/b11-7+. The summed E-state index contributed by atoms with van der Waals surface area (Å²) in [6.45, 7) is 7.46. The molecule has 1 heterocycles. The van der Waals surface area contributed by atoms with E-state index in [1.54, 1.807) is 19.1 Å². The lowest BCUT2D eigenvalue weighted by atomic mass is 10.1. The predicted molar refractivity (Wildman–Crippen MR) is 120 cm³/mol. The molecule has 32 heavy (non-hydrogen) atoms. The van der Waals surface area contributed by atoms with E-state index in [0.717, 1.165) is 0 Å². The first-order chi connectivity index (χ1) is 15.1. The highest BCUT2D eigenvalue weighted by atomic mass is 16.5. The Balaban J connectivity index is 2.82. The zero-order chi connectivity index (χ0) is 24.1. The molecule has 10 nitrogen and oxygen atoms in total. The van der Waals surface area contributed by atoms with Gasteiger partial charge in [0.25, 0.3) is 5.56 Å². The van der Waals surface area contributed by atoms with Gasteiger partial charge in [-0.3, -0.25) is 19.2 Å². The molecule has 10 heteroatoms. The minimum Gasteiger partial charge on any atom is -0.463 e. The molecule has 0 fully saturated rings. The number of hydrogen-bond acceptors (Lipinski definition) is 6. The number of amides is 3. The van der Waals surface area contributed by atoms with Gasteiger partial charge in [0.2, 0.25) is 17.7 Å². The number of esters is 1. The molecule has 1 rings (SSSR count). The summed E-state index contributed by atoms with van der Waals surface area (Å²) in [5, 5.41) is 7.78. The van der Waals surface area contributed by atoms with Crippen LogP contribution in [0.4, 0.5) is 5.69 Å². The van der Waals surface area contributed by atoms with Gasteiger partial charge in [-0.2, -0.15) is 0 Å². The lowest BCUT2D eigenvalue weighted by Gasteiger charge is -2.17. The maximum atomic E-state index is 12.7. The topological polar surface area (TPSA) is 136 Å². The molecule has 1 atom stereocenters. The second-order valence-electron chi connectivity index (χ2n) is 7.53. The number of carbonyl (C=O) groups is 4.